The summed E-state index contributed by atoms with van der Waals surface area (Å²) in [5.74, 6) is 5.65. The summed E-state index contributed by atoms with van der Waals surface area (Å²) in [7, 11) is 0. The Labute approximate surface area is 178 Å². The topological polar surface area (TPSA) is 0 Å². The van der Waals surface area contributed by atoms with Crippen LogP contribution in [-0.2, 0) is 5.41 Å². The second kappa shape index (κ2) is 9.85. The van der Waals surface area contributed by atoms with Gasteiger partial charge in [-0.25, -0.2) is 0 Å². The normalized spacial score (nSPS) is 13.4. The van der Waals surface area contributed by atoms with Crippen LogP contribution in [-0.4, -0.2) is 0 Å². The van der Waals surface area contributed by atoms with E-state index in [2.05, 4.69) is 62.1 Å². The van der Waals surface area contributed by atoms with Crippen molar-refractivity contribution in [3.8, 4) is 35.8 Å². The van der Waals surface area contributed by atoms with Gasteiger partial charge in [0.2, 0.25) is 0 Å². The summed E-state index contributed by atoms with van der Waals surface area (Å²) in [6.07, 6.45) is 24.2. The highest BCUT2D eigenvalue weighted by atomic mass is 14.4. The van der Waals surface area contributed by atoms with E-state index >= 15 is 0 Å². The Morgan fingerprint density at radius 2 is 1.10 bits per heavy atom. The van der Waals surface area contributed by atoms with Crippen molar-refractivity contribution in [3.63, 3.8) is 0 Å². The Morgan fingerprint density at radius 3 is 1.48 bits per heavy atom. The number of terminal acetylenes is 2. The van der Waals surface area contributed by atoms with E-state index in [0.29, 0.717) is 0 Å². The highest BCUT2D eigenvalue weighted by Gasteiger charge is 2.42. The van der Waals surface area contributed by atoms with Gasteiger partial charge in [0.25, 0.3) is 0 Å². The van der Waals surface area contributed by atoms with E-state index in [-0.39, 0.29) is 5.41 Å². The fourth-order valence-corrected chi connectivity index (χ4v) is 5.06. The molecule has 0 radical (unpaired) electrons. The average molecular weight is 383 g/mol. The first-order valence-electron chi connectivity index (χ1n) is 11.4. The Morgan fingerprint density at radius 1 is 0.655 bits per heavy atom. The monoisotopic (exact) mass is 382 g/mol. The van der Waals surface area contributed by atoms with Gasteiger partial charge in [0.05, 0.1) is 0 Å². The van der Waals surface area contributed by atoms with Crippen molar-refractivity contribution in [3.05, 3.63) is 58.7 Å². The first-order chi connectivity index (χ1) is 14.2. The minimum absolute atomic E-state index is 0.104. The lowest BCUT2D eigenvalue weighted by Gasteiger charge is -2.33. The van der Waals surface area contributed by atoms with E-state index in [1.54, 1.807) is 0 Å². The van der Waals surface area contributed by atoms with Gasteiger partial charge in [0.1, 0.15) is 0 Å². The zero-order chi connectivity index (χ0) is 20.7. The van der Waals surface area contributed by atoms with Crippen LogP contribution < -0.4 is 0 Å². The Kier molecular flexibility index (Phi) is 7.23. The fraction of sp³-hybridized carbons (Fsp3) is 0.448. The van der Waals surface area contributed by atoms with E-state index in [1.807, 2.05) is 0 Å². The smallest absolute Gasteiger partial charge is 0.0248 e. The number of rotatable bonds is 10. The average Bonchev–Trinajstić information content (AvgIpc) is 3.03. The second-order valence-corrected chi connectivity index (χ2v) is 8.51. The molecule has 1 aliphatic carbocycles. The molecule has 0 spiro atoms. The van der Waals surface area contributed by atoms with Crippen molar-refractivity contribution in [2.75, 3.05) is 0 Å². The molecule has 0 N–H and O–H groups in total. The first kappa shape index (κ1) is 21.3. The molecule has 0 bridgehead atoms. The van der Waals surface area contributed by atoms with Crippen molar-refractivity contribution in [2.45, 2.75) is 83.5 Å². The van der Waals surface area contributed by atoms with Gasteiger partial charge >= 0.3 is 0 Å². The fourth-order valence-electron chi connectivity index (χ4n) is 5.06. The van der Waals surface area contributed by atoms with Gasteiger partial charge in [0, 0.05) is 16.5 Å². The lowest BCUT2D eigenvalue weighted by molar-refractivity contribution is 0.401. The summed E-state index contributed by atoms with van der Waals surface area (Å²) in [6, 6.07) is 13.3. The predicted octanol–water partition coefficient (Wildman–Crippen LogP) is 7.86. The summed E-state index contributed by atoms with van der Waals surface area (Å²) >= 11 is 0. The van der Waals surface area contributed by atoms with Gasteiger partial charge in [-0.2, -0.15) is 0 Å². The summed E-state index contributed by atoms with van der Waals surface area (Å²) in [5, 5.41) is 0. The molecule has 1 aliphatic rings. The molecule has 0 heterocycles. The lowest BCUT2D eigenvalue weighted by Crippen LogP contribution is -2.25. The van der Waals surface area contributed by atoms with Crippen LogP contribution in [0.1, 0.15) is 100 Å². The maximum atomic E-state index is 5.73. The van der Waals surface area contributed by atoms with Gasteiger partial charge in [-0.15, -0.1) is 12.8 Å². The van der Waals surface area contributed by atoms with Crippen LogP contribution in [0.25, 0.3) is 11.1 Å². The Bertz CT molecular complexity index is 839. The van der Waals surface area contributed by atoms with Crippen LogP contribution in [0, 0.1) is 24.7 Å². The molecule has 0 aromatic heterocycles. The van der Waals surface area contributed by atoms with Gasteiger partial charge in [-0.1, -0.05) is 89.2 Å². The molecule has 0 aliphatic heterocycles. The van der Waals surface area contributed by atoms with Gasteiger partial charge in [-0.05, 0) is 59.4 Å². The van der Waals surface area contributed by atoms with Crippen LogP contribution in [0.2, 0.25) is 0 Å². The minimum atomic E-state index is 0.104. The molecule has 0 unspecified atom stereocenters. The van der Waals surface area contributed by atoms with Crippen molar-refractivity contribution in [1.82, 2.24) is 0 Å². The molecule has 2 aromatic rings. The molecule has 0 fully saturated rings. The third-order valence-electron chi connectivity index (χ3n) is 6.61. The quantitative estimate of drug-likeness (QED) is 0.290. The highest BCUT2D eigenvalue weighted by molar-refractivity contribution is 5.83. The van der Waals surface area contributed by atoms with E-state index in [9.17, 15) is 0 Å². The maximum absolute atomic E-state index is 5.73. The molecule has 0 saturated carbocycles. The molecule has 0 amide bonds. The maximum Gasteiger partial charge on any atom is 0.0248 e. The Hall–Kier alpha value is -2.44. The Balaban J connectivity index is 2.08. The van der Waals surface area contributed by atoms with Gasteiger partial charge in [0.15, 0.2) is 0 Å². The molecular formula is C29H34. The lowest BCUT2D eigenvalue weighted by atomic mass is 9.70. The third kappa shape index (κ3) is 4.28. The first-order valence-corrected chi connectivity index (χ1v) is 11.4. The summed E-state index contributed by atoms with van der Waals surface area (Å²) < 4.78 is 0. The SMILES string of the molecule is C#Cc1ccc2c(c1)-c1cc(C#C)ccc1C2(CCCCCC)CCCCCC. The molecule has 0 heteroatoms. The van der Waals surface area contributed by atoms with Gasteiger partial charge < -0.3 is 0 Å². The minimum Gasteiger partial charge on any atom is -0.115 e. The molecule has 0 saturated heterocycles. The highest BCUT2D eigenvalue weighted by Crippen LogP contribution is 2.54. The van der Waals surface area contributed by atoms with E-state index in [1.165, 1.54) is 86.5 Å². The largest absolute Gasteiger partial charge is 0.115 e. The second-order valence-electron chi connectivity index (χ2n) is 8.51. The number of unbranched alkanes of at least 4 members (excludes halogenated alkanes) is 6. The molecule has 0 nitrogen and oxygen atoms in total. The van der Waals surface area contributed by atoms with Crippen molar-refractivity contribution in [2.24, 2.45) is 0 Å². The molecular weight excluding hydrogens is 348 g/mol. The van der Waals surface area contributed by atoms with Crippen molar-refractivity contribution >= 4 is 0 Å². The van der Waals surface area contributed by atoms with Crippen LogP contribution in [0.3, 0.4) is 0 Å². The summed E-state index contributed by atoms with van der Waals surface area (Å²) in [5.41, 5.74) is 7.55. The zero-order valence-corrected chi connectivity index (χ0v) is 18.2. The standard InChI is InChI=1S/C29H34/c1-5-9-11-13-19-29(20-14-12-10-6-2)27-17-15-23(7-3)21-25(27)26-22-24(8-4)16-18-28(26)29/h3-4,15-18,21-22H,5-6,9-14,19-20H2,1-2H3. The number of benzene rings is 2. The van der Waals surface area contributed by atoms with E-state index in [4.69, 9.17) is 12.8 Å². The molecule has 0 atom stereocenters. The summed E-state index contributed by atoms with van der Waals surface area (Å²) in [6.45, 7) is 4.56. The van der Waals surface area contributed by atoms with Crippen LogP contribution in [0.5, 0.6) is 0 Å². The molecule has 2 aromatic carbocycles. The number of hydrogen-bond acceptors (Lipinski definition) is 0. The van der Waals surface area contributed by atoms with Crippen molar-refractivity contribution < 1.29 is 0 Å². The molecule has 150 valence electrons. The summed E-state index contributed by atoms with van der Waals surface area (Å²) in [4.78, 5) is 0. The predicted molar refractivity (Wildman–Crippen MR) is 126 cm³/mol. The number of fused-ring (bicyclic) bond motifs is 3. The number of hydrogen-bond donors (Lipinski definition) is 0. The van der Waals surface area contributed by atoms with Crippen LogP contribution in [0.15, 0.2) is 36.4 Å². The van der Waals surface area contributed by atoms with Crippen molar-refractivity contribution in [1.29, 1.82) is 0 Å². The molecule has 3 rings (SSSR count). The van der Waals surface area contributed by atoms with E-state index in [0.717, 1.165) is 11.1 Å². The van der Waals surface area contributed by atoms with Crippen LogP contribution >= 0.6 is 0 Å². The third-order valence-corrected chi connectivity index (χ3v) is 6.61. The van der Waals surface area contributed by atoms with Gasteiger partial charge in [-0.3, -0.25) is 0 Å². The zero-order valence-electron chi connectivity index (χ0n) is 18.2. The van der Waals surface area contributed by atoms with Crippen LogP contribution in [0.4, 0.5) is 0 Å². The molecule has 29 heavy (non-hydrogen) atoms. The van der Waals surface area contributed by atoms with E-state index < -0.39 is 0 Å².